The molecular formula is C22H21BrN2O5. The van der Waals surface area contributed by atoms with Gasteiger partial charge in [0.15, 0.2) is 11.5 Å². The fourth-order valence-electron chi connectivity index (χ4n) is 2.96. The van der Waals surface area contributed by atoms with Gasteiger partial charge in [0.05, 0.1) is 40.7 Å². The van der Waals surface area contributed by atoms with E-state index in [9.17, 15) is 14.7 Å². The summed E-state index contributed by atoms with van der Waals surface area (Å²) >= 11 is 3.50. The molecule has 0 saturated heterocycles. The molecule has 8 heteroatoms. The number of hydrogen-bond donors (Lipinski definition) is 1. The molecule has 156 valence electrons. The second kappa shape index (κ2) is 9.13. The number of ether oxygens (including phenoxy) is 2. The van der Waals surface area contributed by atoms with Gasteiger partial charge in [0.1, 0.15) is 0 Å². The van der Waals surface area contributed by atoms with Crippen molar-refractivity contribution in [2.45, 2.75) is 20.3 Å². The normalized spacial score (nSPS) is 14.8. The van der Waals surface area contributed by atoms with Crippen molar-refractivity contribution in [2.24, 2.45) is 5.10 Å². The predicted molar refractivity (Wildman–Crippen MR) is 118 cm³/mol. The second-order valence-corrected chi connectivity index (χ2v) is 7.45. The highest BCUT2D eigenvalue weighted by Gasteiger charge is 2.29. The van der Waals surface area contributed by atoms with Gasteiger partial charge in [-0.15, -0.1) is 0 Å². The molecule has 7 nitrogen and oxygen atoms in total. The molecule has 1 amide bonds. The standard InChI is InChI=1S/C22H21BrN2O5/c1-4-8-30-20-18(23)10-14(11-19(20)29-3)9-17-13(2)24-25(21(17)26)16-7-5-6-15(12-16)22(27)28/h5-7,9-12H,4,8H2,1-3H3,(H,27,28)/b17-9-. The van der Waals surface area contributed by atoms with Crippen LogP contribution in [0.1, 0.15) is 36.2 Å². The average molecular weight is 473 g/mol. The monoisotopic (exact) mass is 472 g/mol. The molecule has 2 aromatic rings. The molecule has 1 aliphatic rings. The molecule has 0 saturated carbocycles. The SMILES string of the molecule is CCCOc1c(Br)cc(/C=C2\C(=O)N(c3cccc(C(=O)O)c3)N=C2C)cc1OC. The maximum atomic E-state index is 13.0. The van der Waals surface area contributed by atoms with E-state index in [0.29, 0.717) is 39.6 Å². The number of methoxy groups -OCH3 is 1. The van der Waals surface area contributed by atoms with E-state index in [2.05, 4.69) is 21.0 Å². The summed E-state index contributed by atoms with van der Waals surface area (Å²) in [5.74, 6) is -0.244. The molecule has 0 radical (unpaired) electrons. The summed E-state index contributed by atoms with van der Waals surface area (Å²) in [5.41, 5.74) is 2.15. The van der Waals surface area contributed by atoms with E-state index >= 15 is 0 Å². The molecule has 1 aliphatic heterocycles. The number of amides is 1. The Morgan fingerprint density at radius 3 is 2.73 bits per heavy atom. The first-order valence-corrected chi connectivity index (χ1v) is 10.1. The average Bonchev–Trinajstić information content (AvgIpc) is 3.01. The maximum absolute atomic E-state index is 13.0. The van der Waals surface area contributed by atoms with E-state index in [0.717, 1.165) is 12.0 Å². The molecule has 0 bridgehead atoms. The number of rotatable bonds is 7. The van der Waals surface area contributed by atoms with Gasteiger partial charge in [0.25, 0.3) is 5.91 Å². The number of aromatic carboxylic acids is 1. The van der Waals surface area contributed by atoms with Crippen molar-refractivity contribution in [1.29, 1.82) is 0 Å². The number of carbonyl (C=O) groups excluding carboxylic acids is 1. The lowest BCUT2D eigenvalue weighted by atomic mass is 10.1. The molecule has 30 heavy (non-hydrogen) atoms. The van der Waals surface area contributed by atoms with Gasteiger partial charge in [-0.3, -0.25) is 4.79 Å². The highest BCUT2D eigenvalue weighted by atomic mass is 79.9. The van der Waals surface area contributed by atoms with Crippen LogP contribution in [-0.2, 0) is 4.79 Å². The molecule has 0 atom stereocenters. The molecular weight excluding hydrogens is 452 g/mol. The van der Waals surface area contributed by atoms with Gasteiger partial charge in [-0.05, 0) is 71.2 Å². The van der Waals surface area contributed by atoms with E-state index < -0.39 is 5.97 Å². The number of carboxylic acids is 1. The number of anilines is 1. The summed E-state index contributed by atoms with van der Waals surface area (Å²) in [6.07, 6.45) is 2.59. The van der Waals surface area contributed by atoms with Crippen LogP contribution in [0, 0.1) is 0 Å². The topological polar surface area (TPSA) is 88.4 Å². The van der Waals surface area contributed by atoms with Crippen molar-refractivity contribution in [2.75, 3.05) is 18.7 Å². The van der Waals surface area contributed by atoms with Crippen molar-refractivity contribution < 1.29 is 24.2 Å². The van der Waals surface area contributed by atoms with Crippen LogP contribution >= 0.6 is 15.9 Å². The van der Waals surface area contributed by atoms with Crippen molar-refractivity contribution in [1.82, 2.24) is 0 Å². The van der Waals surface area contributed by atoms with Crippen LogP contribution in [0.5, 0.6) is 11.5 Å². The number of carbonyl (C=O) groups is 2. The van der Waals surface area contributed by atoms with Crippen molar-refractivity contribution in [3.63, 3.8) is 0 Å². The number of benzene rings is 2. The molecule has 0 aliphatic carbocycles. The van der Waals surface area contributed by atoms with Crippen molar-refractivity contribution >= 4 is 45.3 Å². The zero-order chi connectivity index (χ0) is 21.8. The third kappa shape index (κ3) is 4.38. The largest absolute Gasteiger partial charge is 0.493 e. The molecule has 3 rings (SSSR count). The van der Waals surface area contributed by atoms with Gasteiger partial charge in [0, 0.05) is 0 Å². The second-order valence-electron chi connectivity index (χ2n) is 6.60. The highest BCUT2D eigenvalue weighted by Crippen LogP contribution is 2.38. The van der Waals surface area contributed by atoms with E-state index in [1.807, 2.05) is 13.0 Å². The van der Waals surface area contributed by atoms with E-state index in [1.165, 1.54) is 17.1 Å². The summed E-state index contributed by atoms with van der Waals surface area (Å²) in [6.45, 7) is 4.31. The molecule has 0 unspecified atom stereocenters. The number of carboxylic acid groups (broad SMARTS) is 1. The highest BCUT2D eigenvalue weighted by molar-refractivity contribution is 9.10. The van der Waals surface area contributed by atoms with Crippen LogP contribution in [0.15, 0.2) is 51.5 Å². The maximum Gasteiger partial charge on any atom is 0.335 e. The van der Waals surface area contributed by atoms with Gasteiger partial charge in [0.2, 0.25) is 0 Å². The van der Waals surface area contributed by atoms with E-state index in [4.69, 9.17) is 9.47 Å². The van der Waals surface area contributed by atoms with Gasteiger partial charge < -0.3 is 14.6 Å². The number of nitrogens with zero attached hydrogens (tertiary/aromatic N) is 2. The van der Waals surface area contributed by atoms with E-state index in [-0.39, 0.29) is 11.5 Å². The fourth-order valence-corrected chi connectivity index (χ4v) is 3.54. The third-order valence-electron chi connectivity index (χ3n) is 4.41. The Hall–Kier alpha value is -3.13. The molecule has 0 aromatic heterocycles. The lowest BCUT2D eigenvalue weighted by Crippen LogP contribution is -2.21. The lowest BCUT2D eigenvalue weighted by Gasteiger charge is -2.14. The van der Waals surface area contributed by atoms with Gasteiger partial charge in [-0.2, -0.15) is 10.1 Å². The smallest absolute Gasteiger partial charge is 0.335 e. The van der Waals surface area contributed by atoms with Crippen LogP contribution in [0.2, 0.25) is 0 Å². The lowest BCUT2D eigenvalue weighted by molar-refractivity contribution is -0.114. The minimum atomic E-state index is -1.07. The zero-order valence-corrected chi connectivity index (χ0v) is 18.4. The quantitative estimate of drug-likeness (QED) is 0.587. The Balaban J connectivity index is 1.94. The molecule has 0 spiro atoms. The summed E-state index contributed by atoms with van der Waals surface area (Å²) in [6, 6.07) is 9.73. The first kappa shape index (κ1) is 21.6. The van der Waals surface area contributed by atoms with Crippen LogP contribution in [0.25, 0.3) is 6.08 Å². The fraction of sp³-hybridized carbons (Fsp3) is 0.227. The predicted octanol–water partition coefficient (Wildman–Crippen LogP) is 4.75. The molecule has 1 N–H and O–H groups in total. The van der Waals surface area contributed by atoms with Crippen LogP contribution < -0.4 is 14.5 Å². The Labute approximate surface area is 182 Å². The van der Waals surface area contributed by atoms with Gasteiger partial charge in [-0.1, -0.05) is 13.0 Å². The molecule has 2 aromatic carbocycles. The number of halogens is 1. The number of hydrazone groups is 1. The van der Waals surface area contributed by atoms with Gasteiger partial charge >= 0.3 is 5.97 Å². The van der Waals surface area contributed by atoms with Gasteiger partial charge in [-0.25, -0.2) is 4.79 Å². The summed E-state index contributed by atoms with van der Waals surface area (Å²) in [7, 11) is 1.56. The van der Waals surface area contributed by atoms with E-state index in [1.54, 1.807) is 38.3 Å². The Morgan fingerprint density at radius 1 is 1.30 bits per heavy atom. The summed E-state index contributed by atoms with van der Waals surface area (Å²) < 4.78 is 11.9. The minimum Gasteiger partial charge on any atom is -0.493 e. The minimum absolute atomic E-state index is 0.0851. The summed E-state index contributed by atoms with van der Waals surface area (Å²) in [4.78, 5) is 24.2. The van der Waals surface area contributed by atoms with Crippen LogP contribution in [0.4, 0.5) is 5.69 Å². The van der Waals surface area contributed by atoms with Crippen LogP contribution in [0.3, 0.4) is 0 Å². The number of hydrogen-bond acceptors (Lipinski definition) is 5. The Kier molecular flexibility index (Phi) is 6.56. The molecule has 1 heterocycles. The molecule has 0 fully saturated rings. The Morgan fingerprint density at radius 2 is 2.07 bits per heavy atom. The zero-order valence-electron chi connectivity index (χ0n) is 16.8. The van der Waals surface area contributed by atoms with Crippen LogP contribution in [-0.4, -0.2) is 36.4 Å². The summed E-state index contributed by atoms with van der Waals surface area (Å²) in [5, 5.41) is 14.7. The third-order valence-corrected chi connectivity index (χ3v) is 5.00. The first-order chi connectivity index (χ1) is 14.3. The van der Waals surface area contributed by atoms with Crippen molar-refractivity contribution in [3.05, 3.63) is 57.6 Å². The Bertz CT molecular complexity index is 1060. The van der Waals surface area contributed by atoms with Crippen molar-refractivity contribution in [3.8, 4) is 11.5 Å². The first-order valence-electron chi connectivity index (χ1n) is 9.31.